The number of amides is 2. The molecule has 116 valence electrons. The minimum absolute atomic E-state index is 0.0347. The molecule has 0 aromatic heterocycles. The highest BCUT2D eigenvalue weighted by Gasteiger charge is 2.12. The molecule has 0 saturated carbocycles. The van der Waals surface area contributed by atoms with Gasteiger partial charge in [0, 0.05) is 18.3 Å². The highest BCUT2D eigenvalue weighted by atomic mass is 16.6. The molecule has 0 radical (unpaired) electrons. The number of carbonyl (C=O) groups is 2. The van der Waals surface area contributed by atoms with Crippen LogP contribution in [0, 0.1) is 10.1 Å². The van der Waals surface area contributed by atoms with Gasteiger partial charge in [-0.3, -0.25) is 19.7 Å². The lowest BCUT2D eigenvalue weighted by molar-refractivity contribution is -0.385. The lowest BCUT2D eigenvalue weighted by Crippen LogP contribution is -2.41. The fourth-order valence-electron chi connectivity index (χ4n) is 1.46. The number of para-hydroxylation sites is 1. The van der Waals surface area contributed by atoms with Crippen molar-refractivity contribution in [2.75, 3.05) is 0 Å². The minimum Gasteiger partial charge on any atom is -0.346 e. The Bertz CT molecular complexity index is 623. The van der Waals surface area contributed by atoms with E-state index in [0.29, 0.717) is 5.56 Å². The second kappa shape index (κ2) is 8.30. The van der Waals surface area contributed by atoms with E-state index in [1.165, 1.54) is 24.4 Å². The van der Waals surface area contributed by atoms with Crippen molar-refractivity contribution in [3.63, 3.8) is 0 Å². The van der Waals surface area contributed by atoms with Crippen LogP contribution in [0.4, 0.5) is 5.69 Å². The van der Waals surface area contributed by atoms with Crippen LogP contribution in [0.5, 0.6) is 0 Å². The Labute approximate surface area is 127 Å². The van der Waals surface area contributed by atoms with Crippen molar-refractivity contribution in [2.45, 2.75) is 19.9 Å². The number of rotatable bonds is 5. The fourth-order valence-corrected chi connectivity index (χ4v) is 1.46. The molecule has 0 aliphatic heterocycles. The number of carbonyl (C=O) groups excluding carboxylic acids is 2. The van der Waals surface area contributed by atoms with Gasteiger partial charge in [0.1, 0.15) is 0 Å². The van der Waals surface area contributed by atoms with E-state index in [-0.39, 0.29) is 11.7 Å². The van der Waals surface area contributed by atoms with Crippen LogP contribution in [-0.4, -0.2) is 29.0 Å². The standard InChI is InChI=1S/C14H16N4O4/c1-10(2)16-13(19)14(20)17-15-9-5-7-11-6-3-4-8-12(11)18(21)22/h3-10H,1-2H3,(H,16,19)(H,17,20)/b7-5+,15-9-. The zero-order chi connectivity index (χ0) is 16.5. The summed E-state index contributed by atoms with van der Waals surface area (Å²) in [5.74, 6) is -1.67. The molecule has 2 amide bonds. The Balaban J connectivity index is 2.58. The quantitative estimate of drug-likeness (QED) is 0.368. The number of hydrogen-bond acceptors (Lipinski definition) is 5. The lowest BCUT2D eigenvalue weighted by atomic mass is 10.2. The topological polar surface area (TPSA) is 114 Å². The second-order valence-corrected chi connectivity index (χ2v) is 4.52. The molecule has 0 spiro atoms. The zero-order valence-electron chi connectivity index (χ0n) is 12.1. The van der Waals surface area contributed by atoms with Crippen LogP contribution in [0.2, 0.25) is 0 Å². The normalized spacial score (nSPS) is 11.0. The smallest absolute Gasteiger partial charge is 0.329 e. The molecule has 0 fully saturated rings. The molecule has 1 aromatic rings. The van der Waals surface area contributed by atoms with Crippen LogP contribution in [0.15, 0.2) is 35.4 Å². The van der Waals surface area contributed by atoms with Crippen LogP contribution in [-0.2, 0) is 9.59 Å². The molecule has 0 unspecified atom stereocenters. The molecule has 1 rings (SSSR count). The largest absolute Gasteiger partial charge is 0.346 e. The van der Waals surface area contributed by atoms with Gasteiger partial charge in [0.15, 0.2) is 0 Å². The van der Waals surface area contributed by atoms with Crippen LogP contribution in [0.1, 0.15) is 19.4 Å². The van der Waals surface area contributed by atoms with Gasteiger partial charge >= 0.3 is 11.8 Å². The molecule has 0 atom stereocenters. The zero-order valence-corrected chi connectivity index (χ0v) is 12.1. The van der Waals surface area contributed by atoms with E-state index in [1.807, 2.05) is 5.43 Å². The molecular formula is C14H16N4O4. The average molecular weight is 304 g/mol. The second-order valence-electron chi connectivity index (χ2n) is 4.52. The molecule has 2 N–H and O–H groups in total. The predicted molar refractivity (Wildman–Crippen MR) is 82.0 cm³/mol. The van der Waals surface area contributed by atoms with Gasteiger partial charge < -0.3 is 5.32 Å². The van der Waals surface area contributed by atoms with Gasteiger partial charge in [-0.15, -0.1) is 0 Å². The van der Waals surface area contributed by atoms with Crippen molar-refractivity contribution in [2.24, 2.45) is 5.10 Å². The lowest BCUT2D eigenvalue weighted by Gasteiger charge is -2.05. The molecular weight excluding hydrogens is 288 g/mol. The summed E-state index contributed by atoms with van der Waals surface area (Å²) < 4.78 is 0. The van der Waals surface area contributed by atoms with E-state index < -0.39 is 16.7 Å². The molecule has 1 aromatic carbocycles. The summed E-state index contributed by atoms with van der Waals surface area (Å²) in [4.78, 5) is 32.9. The van der Waals surface area contributed by atoms with Gasteiger partial charge in [-0.2, -0.15) is 5.10 Å². The molecule has 0 heterocycles. The summed E-state index contributed by atoms with van der Waals surface area (Å²) in [7, 11) is 0. The summed E-state index contributed by atoms with van der Waals surface area (Å²) >= 11 is 0. The van der Waals surface area contributed by atoms with Gasteiger partial charge in [-0.1, -0.05) is 12.1 Å². The minimum atomic E-state index is -0.885. The maximum atomic E-state index is 11.3. The van der Waals surface area contributed by atoms with E-state index in [1.54, 1.807) is 32.0 Å². The third-order valence-electron chi connectivity index (χ3n) is 2.36. The van der Waals surface area contributed by atoms with Crippen LogP contribution in [0.3, 0.4) is 0 Å². The first-order valence-corrected chi connectivity index (χ1v) is 6.45. The van der Waals surface area contributed by atoms with E-state index in [4.69, 9.17) is 0 Å². The Morgan fingerprint density at radius 3 is 2.59 bits per heavy atom. The van der Waals surface area contributed by atoms with E-state index in [2.05, 4.69) is 10.4 Å². The monoisotopic (exact) mass is 304 g/mol. The number of allylic oxidation sites excluding steroid dienone is 1. The predicted octanol–water partition coefficient (Wildman–Crippen LogP) is 1.23. The number of nitro benzene ring substituents is 1. The number of benzene rings is 1. The van der Waals surface area contributed by atoms with Gasteiger partial charge in [-0.25, -0.2) is 5.43 Å². The Morgan fingerprint density at radius 2 is 1.95 bits per heavy atom. The van der Waals surface area contributed by atoms with Crippen molar-refractivity contribution in [3.8, 4) is 0 Å². The van der Waals surface area contributed by atoms with Gasteiger partial charge in [0.2, 0.25) is 0 Å². The Hall–Kier alpha value is -3.03. The average Bonchev–Trinajstić information content (AvgIpc) is 2.46. The van der Waals surface area contributed by atoms with Crippen molar-refractivity contribution in [1.82, 2.24) is 10.7 Å². The molecule has 0 saturated heterocycles. The fraction of sp³-hybridized carbons (Fsp3) is 0.214. The van der Waals surface area contributed by atoms with E-state index in [0.717, 1.165) is 0 Å². The molecule has 22 heavy (non-hydrogen) atoms. The highest BCUT2D eigenvalue weighted by molar-refractivity contribution is 6.35. The summed E-state index contributed by atoms with van der Waals surface area (Å²) in [6.07, 6.45) is 4.11. The van der Waals surface area contributed by atoms with Gasteiger partial charge in [-0.05, 0) is 32.1 Å². The first-order chi connectivity index (χ1) is 10.4. The van der Waals surface area contributed by atoms with Crippen LogP contribution < -0.4 is 10.7 Å². The third-order valence-corrected chi connectivity index (χ3v) is 2.36. The molecule has 0 aliphatic rings. The Morgan fingerprint density at radius 1 is 1.27 bits per heavy atom. The number of nitrogens with zero attached hydrogens (tertiary/aromatic N) is 2. The molecule has 8 heteroatoms. The highest BCUT2D eigenvalue weighted by Crippen LogP contribution is 2.18. The maximum Gasteiger partial charge on any atom is 0.329 e. The van der Waals surface area contributed by atoms with Crippen molar-refractivity contribution in [3.05, 3.63) is 46.0 Å². The van der Waals surface area contributed by atoms with Crippen LogP contribution >= 0.6 is 0 Å². The Kier molecular flexibility index (Phi) is 6.42. The van der Waals surface area contributed by atoms with Crippen molar-refractivity contribution in [1.29, 1.82) is 0 Å². The molecule has 8 nitrogen and oxygen atoms in total. The maximum absolute atomic E-state index is 11.3. The van der Waals surface area contributed by atoms with Gasteiger partial charge in [0.25, 0.3) is 5.69 Å². The summed E-state index contributed by atoms with van der Waals surface area (Å²) in [6, 6.07) is 6.05. The number of nitro groups is 1. The number of hydrogen-bond donors (Lipinski definition) is 2. The first kappa shape index (κ1) is 17.0. The summed E-state index contributed by atoms with van der Waals surface area (Å²) in [5.41, 5.74) is 2.42. The van der Waals surface area contributed by atoms with Crippen molar-refractivity contribution >= 4 is 29.8 Å². The summed E-state index contributed by atoms with van der Waals surface area (Å²) in [5, 5.41) is 16.8. The SMILES string of the molecule is CC(C)NC(=O)C(=O)N/N=C\C=C\c1ccccc1[N+](=O)[O-]. The third kappa shape index (κ3) is 5.53. The molecule has 0 aliphatic carbocycles. The first-order valence-electron chi connectivity index (χ1n) is 6.45. The van der Waals surface area contributed by atoms with Crippen molar-refractivity contribution < 1.29 is 14.5 Å². The van der Waals surface area contributed by atoms with E-state index in [9.17, 15) is 19.7 Å². The summed E-state index contributed by atoms with van der Waals surface area (Å²) in [6.45, 7) is 3.45. The van der Waals surface area contributed by atoms with E-state index >= 15 is 0 Å². The number of nitrogens with one attached hydrogen (secondary N) is 2. The number of hydrazone groups is 1. The van der Waals surface area contributed by atoms with Crippen LogP contribution in [0.25, 0.3) is 6.08 Å². The van der Waals surface area contributed by atoms with Gasteiger partial charge in [0.05, 0.1) is 10.5 Å². The molecule has 0 bridgehead atoms.